The van der Waals surface area contributed by atoms with Crippen LogP contribution in [-0.2, 0) is 0 Å². The molecule has 2 aromatic rings. The van der Waals surface area contributed by atoms with Crippen molar-refractivity contribution in [1.82, 2.24) is 4.98 Å². The quantitative estimate of drug-likeness (QED) is 0.645. The maximum Gasteiger partial charge on any atom is 0.335 e. The van der Waals surface area contributed by atoms with Gasteiger partial charge in [-0.3, -0.25) is 5.43 Å². The van der Waals surface area contributed by atoms with Crippen LogP contribution in [0.2, 0.25) is 0 Å². The molecule has 2 rings (SSSR count). The van der Waals surface area contributed by atoms with Crippen LogP contribution < -0.4 is 5.43 Å². The zero-order valence-electron chi connectivity index (χ0n) is 10.7. The van der Waals surface area contributed by atoms with E-state index in [-0.39, 0.29) is 5.56 Å². The van der Waals surface area contributed by atoms with E-state index in [4.69, 9.17) is 5.11 Å². The van der Waals surface area contributed by atoms with Crippen molar-refractivity contribution in [3.63, 3.8) is 0 Å². The third-order valence-electron chi connectivity index (χ3n) is 2.54. The van der Waals surface area contributed by atoms with E-state index in [0.717, 1.165) is 0 Å². The van der Waals surface area contributed by atoms with Gasteiger partial charge in [0.15, 0.2) is 0 Å². The number of hydrogen-bond donors (Lipinski definition) is 2. The van der Waals surface area contributed by atoms with Gasteiger partial charge in [0.25, 0.3) is 0 Å². The fraction of sp³-hybridized carbons (Fsp3) is 0. The van der Waals surface area contributed by atoms with Gasteiger partial charge in [0.05, 0.1) is 11.8 Å². The van der Waals surface area contributed by atoms with E-state index >= 15 is 0 Å². The molecular weight excluding hydrogens is 254 g/mol. The van der Waals surface area contributed by atoms with Crippen LogP contribution >= 0.6 is 0 Å². The van der Waals surface area contributed by atoms with E-state index in [1.807, 2.05) is 12.1 Å². The van der Waals surface area contributed by atoms with Gasteiger partial charge in [0, 0.05) is 6.20 Å². The van der Waals surface area contributed by atoms with E-state index in [2.05, 4.69) is 22.1 Å². The van der Waals surface area contributed by atoms with Crippen LogP contribution in [0.4, 0.5) is 5.82 Å². The van der Waals surface area contributed by atoms with Gasteiger partial charge >= 0.3 is 5.97 Å². The molecule has 2 N–H and O–H groups in total. The second-order valence-corrected chi connectivity index (χ2v) is 4.00. The maximum absolute atomic E-state index is 10.9. The second kappa shape index (κ2) is 6.29. The van der Waals surface area contributed by atoms with Gasteiger partial charge in [-0.2, -0.15) is 5.10 Å². The molecule has 0 aliphatic rings. The molecule has 100 valence electrons. The average molecular weight is 267 g/mol. The highest BCUT2D eigenvalue weighted by atomic mass is 16.4. The number of nitrogens with zero attached hydrogens (tertiary/aromatic N) is 2. The molecule has 0 aliphatic carbocycles. The molecule has 0 fully saturated rings. The lowest BCUT2D eigenvalue weighted by atomic mass is 10.1. The van der Waals surface area contributed by atoms with Gasteiger partial charge in [-0.05, 0) is 35.4 Å². The Labute approximate surface area is 116 Å². The lowest BCUT2D eigenvalue weighted by molar-refractivity contribution is 0.0697. The molecule has 1 aromatic carbocycles. The second-order valence-electron chi connectivity index (χ2n) is 4.00. The summed E-state index contributed by atoms with van der Waals surface area (Å²) in [6.07, 6.45) is 3.18. The molecule has 0 radical (unpaired) electrons. The smallest absolute Gasteiger partial charge is 0.335 e. The Hall–Kier alpha value is -2.95. The third kappa shape index (κ3) is 3.52. The highest BCUT2D eigenvalue weighted by Crippen LogP contribution is 2.13. The first-order chi connectivity index (χ1) is 9.66. The lowest BCUT2D eigenvalue weighted by Crippen LogP contribution is -1.97. The predicted molar refractivity (Wildman–Crippen MR) is 78.8 cm³/mol. The van der Waals surface area contributed by atoms with E-state index in [1.165, 1.54) is 12.3 Å². The van der Waals surface area contributed by atoms with Crippen molar-refractivity contribution in [3.8, 4) is 0 Å². The van der Waals surface area contributed by atoms with Crippen LogP contribution in [0.25, 0.3) is 5.57 Å². The number of carbonyl (C=O) groups is 1. The van der Waals surface area contributed by atoms with Gasteiger partial charge in [0.1, 0.15) is 5.82 Å². The molecule has 20 heavy (non-hydrogen) atoms. The fourth-order valence-corrected chi connectivity index (χ4v) is 1.53. The van der Waals surface area contributed by atoms with Crippen molar-refractivity contribution in [3.05, 3.63) is 66.4 Å². The number of aromatic carboxylic acids is 1. The van der Waals surface area contributed by atoms with Crippen molar-refractivity contribution >= 4 is 23.6 Å². The van der Waals surface area contributed by atoms with Crippen LogP contribution in [0, 0.1) is 0 Å². The Morgan fingerprint density at radius 2 is 2.05 bits per heavy atom. The summed E-state index contributed by atoms with van der Waals surface area (Å²) in [4.78, 5) is 14.9. The first-order valence-corrected chi connectivity index (χ1v) is 5.89. The number of carboxylic acids is 1. The highest BCUT2D eigenvalue weighted by molar-refractivity contribution is 6.09. The minimum Gasteiger partial charge on any atom is -0.478 e. The number of allylic oxidation sites excluding steroid dienone is 1. The molecular formula is C15H13N3O2. The van der Waals surface area contributed by atoms with Gasteiger partial charge in [-0.1, -0.05) is 24.8 Å². The Kier molecular flexibility index (Phi) is 4.24. The number of aromatic nitrogens is 1. The molecule has 0 amide bonds. The third-order valence-corrected chi connectivity index (χ3v) is 2.54. The van der Waals surface area contributed by atoms with Gasteiger partial charge < -0.3 is 5.11 Å². The largest absolute Gasteiger partial charge is 0.478 e. The van der Waals surface area contributed by atoms with Gasteiger partial charge in [-0.15, -0.1) is 0 Å². The van der Waals surface area contributed by atoms with Crippen LogP contribution in [0.3, 0.4) is 0 Å². The summed E-state index contributed by atoms with van der Waals surface area (Å²) < 4.78 is 0. The van der Waals surface area contributed by atoms with Crippen LogP contribution in [0.1, 0.15) is 15.9 Å². The van der Waals surface area contributed by atoms with Crippen molar-refractivity contribution in [2.24, 2.45) is 5.10 Å². The maximum atomic E-state index is 10.9. The molecule has 0 aliphatic heterocycles. The van der Waals surface area contributed by atoms with Crippen molar-refractivity contribution in [2.45, 2.75) is 0 Å². The van der Waals surface area contributed by atoms with Crippen LogP contribution in [0.15, 0.2) is 60.3 Å². The first-order valence-electron chi connectivity index (χ1n) is 5.89. The topological polar surface area (TPSA) is 74.6 Å². The summed E-state index contributed by atoms with van der Waals surface area (Å²) in [6, 6.07) is 12.0. The summed E-state index contributed by atoms with van der Waals surface area (Å²) in [5.74, 6) is -0.348. The number of anilines is 1. The van der Waals surface area contributed by atoms with Crippen molar-refractivity contribution in [2.75, 3.05) is 5.43 Å². The van der Waals surface area contributed by atoms with E-state index < -0.39 is 5.97 Å². The van der Waals surface area contributed by atoms with Crippen molar-refractivity contribution in [1.29, 1.82) is 0 Å². The van der Waals surface area contributed by atoms with Gasteiger partial charge in [0.2, 0.25) is 0 Å². The summed E-state index contributed by atoms with van der Waals surface area (Å²) in [5.41, 5.74) is 4.29. The molecule has 0 bridgehead atoms. The average Bonchev–Trinajstić information content (AvgIpc) is 2.48. The van der Waals surface area contributed by atoms with E-state index in [1.54, 1.807) is 30.5 Å². The fourth-order valence-electron chi connectivity index (χ4n) is 1.53. The lowest BCUT2D eigenvalue weighted by Gasteiger charge is -2.02. The SMILES string of the molecule is C=C(/C=N\Nc1ccccn1)c1cccc(C(=O)O)c1. The minimum absolute atomic E-state index is 0.217. The highest BCUT2D eigenvalue weighted by Gasteiger charge is 2.04. The minimum atomic E-state index is -0.969. The predicted octanol–water partition coefficient (Wildman–Crippen LogP) is 2.89. The summed E-state index contributed by atoms with van der Waals surface area (Å²) >= 11 is 0. The number of rotatable bonds is 5. The molecule has 0 saturated carbocycles. The zero-order valence-corrected chi connectivity index (χ0v) is 10.7. The van der Waals surface area contributed by atoms with Crippen LogP contribution in [0.5, 0.6) is 0 Å². The number of hydrazone groups is 1. The Balaban J connectivity index is 2.05. The molecule has 0 spiro atoms. The van der Waals surface area contributed by atoms with E-state index in [0.29, 0.717) is 17.0 Å². The Bertz CT molecular complexity index is 651. The zero-order chi connectivity index (χ0) is 14.4. The molecule has 1 heterocycles. The normalized spacial score (nSPS) is 10.4. The van der Waals surface area contributed by atoms with Crippen LogP contribution in [-0.4, -0.2) is 22.3 Å². The standard InChI is InChI=1S/C15H13N3O2/c1-11(10-17-18-14-7-2-3-8-16-14)12-5-4-6-13(9-12)15(19)20/h2-10H,1H2,(H,16,18)(H,19,20)/b17-10-. The molecule has 0 atom stereocenters. The summed E-state index contributed by atoms with van der Waals surface area (Å²) in [6.45, 7) is 3.85. The Morgan fingerprint density at radius 3 is 2.75 bits per heavy atom. The molecule has 0 saturated heterocycles. The molecule has 5 heteroatoms. The van der Waals surface area contributed by atoms with E-state index in [9.17, 15) is 4.79 Å². The summed E-state index contributed by atoms with van der Waals surface area (Å²) in [7, 11) is 0. The van der Waals surface area contributed by atoms with Crippen molar-refractivity contribution < 1.29 is 9.90 Å². The molecule has 1 aromatic heterocycles. The first kappa shape index (κ1) is 13.5. The number of benzene rings is 1. The summed E-state index contributed by atoms with van der Waals surface area (Å²) in [5, 5.41) is 12.9. The number of pyridine rings is 1. The molecule has 0 unspecified atom stereocenters. The van der Waals surface area contributed by atoms with Gasteiger partial charge in [-0.25, -0.2) is 9.78 Å². The monoisotopic (exact) mass is 267 g/mol. The molecule has 5 nitrogen and oxygen atoms in total. The Morgan fingerprint density at radius 1 is 1.25 bits per heavy atom. The number of carboxylic acid groups (broad SMARTS) is 1. The number of hydrogen-bond acceptors (Lipinski definition) is 4. The number of nitrogens with one attached hydrogen (secondary N) is 1.